The maximum Gasteiger partial charge on any atom is 0.250 e. The fraction of sp³-hybridized carbons (Fsp3) is 0.0769. The Balaban J connectivity index is 2.02. The van der Waals surface area contributed by atoms with Gasteiger partial charge >= 0.3 is 0 Å². The minimum absolute atomic E-state index is 0.135. The number of sulfone groups is 1. The molecule has 2 amide bonds. The largest absolute Gasteiger partial charge is 0.366 e. The van der Waals surface area contributed by atoms with Crippen molar-refractivity contribution in [2.45, 2.75) is 11.4 Å². The molecule has 0 saturated heterocycles. The van der Waals surface area contributed by atoms with E-state index in [4.69, 9.17) is 11.5 Å². The van der Waals surface area contributed by atoms with Crippen molar-refractivity contribution in [1.29, 1.82) is 0 Å². The fourth-order valence-corrected chi connectivity index (χ4v) is 5.08. The molecule has 0 aliphatic carbocycles. The Morgan fingerprint density at radius 2 is 1.74 bits per heavy atom. The summed E-state index contributed by atoms with van der Waals surface area (Å²) in [6.07, 6.45) is 2.32. The quantitative estimate of drug-likeness (QED) is 0.293. The van der Waals surface area contributed by atoms with Gasteiger partial charge in [-0.25, -0.2) is 8.42 Å². The second-order valence-corrected chi connectivity index (χ2v) is 9.98. The summed E-state index contributed by atoms with van der Waals surface area (Å²) in [6.45, 7) is 3.62. The van der Waals surface area contributed by atoms with Crippen LogP contribution >= 0.6 is 0 Å². The molecule has 0 aliphatic rings. The average Bonchev–Trinajstić information content (AvgIpc) is 3.28. The molecule has 0 radical (unpaired) electrons. The van der Waals surface area contributed by atoms with Crippen LogP contribution in [0, 0.1) is 0 Å². The highest BCUT2D eigenvalue weighted by Crippen LogP contribution is 2.38. The summed E-state index contributed by atoms with van der Waals surface area (Å²) in [5, 5.41) is 3.42. The minimum atomic E-state index is -3.51. The van der Waals surface area contributed by atoms with Gasteiger partial charge in [-0.3, -0.25) is 9.59 Å². The molecule has 8 nitrogen and oxygen atoms in total. The molecule has 1 heterocycles. The van der Waals surface area contributed by atoms with E-state index in [9.17, 15) is 18.0 Å². The number of aromatic amines is 1. The first-order chi connectivity index (χ1) is 16.7. The fourth-order valence-electron chi connectivity index (χ4n) is 4.18. The van der Waals surface area contributed by atoms with Gasteiger partial charge in [-0.1, -0.05) is 43.0 Å². The highest BCUT2D eigenvalue weighted by Gasteiger charge is 2.20. The Labute approximate surface area is 202 Å². The number of nitrogens with two attached hydrogens (primary N) is 2. The first-order valence-electron chi connectivity index (χ1n) is 10.7. The summed E-state index contributed by atoms with van der Waals surface area (Å²) >= 11 is 0. The zero-order valence-electron chi connectivity index (χ0n) is 19.0. The van der Waals surface area contributed by atoms with Crippen molar-refractivity contribution >= 4 is 38.2 Å². The topological polar surface area (TPSA) is 148 Å². The lowest BCUT2D eigenvalue weighted by Gasteiger charge is -2.15. The number of fused-ring (bicyclic) bond motifs is 1. The van der Waals surface area contributed by atoms with E-state index in [1.165, 1.54) is 12.1 Å². The van der Waals surface area contributed by atoms with Crippen molar-refractivity contribution in [1.82, 2.24) is 4.98 Å². The smallest absolute Gasteiger partial charge is 0.250 e. The third kappa shape index (κ3) is 4.46. The predicted molar refractivity (Wildman–Crippen MR) is 138 cm³/mol. The van der Waals surface area contributed by atoms with Crippen molar-refractivity contribution in [3.8, 4) is 22.4 Å². The molecule has 178 valence electrons. The van der Waals surface area contributed by atoms with Gasteiger partial charge in [0.2, 0.25) is 5.91 Å². The number of aromatic nitrogens is 1. The van der Waals surface area contributed by atoms with E-state index in [0.717, 1.165) is 17.4 Å². The number of benzene rings is 3. The van der Waals surface area contributed by atoms with Gasteiger partial charge in [-0.2, -0.15) is 0 Å². The summed E-state index contributed by atoms with van der Waals surface area (Å²) in [5.74, 6) is -0.996. The van der Waals surface area contributed by atoms with Crippen LogP contribution in [-0.4, -0.2) is 31.5 Å². The Hall–Kier alpha value is -4.21. The van der Waals surface area contributed by atoms with Crippen LogP contribution in [0.5, 0.6) is 0 Å². The zero-order chi connectivity index (χ0) is 25.3. The average molecular weight is 489 g/mol. The molecule has 4 rings (SSSR count). The van der Waals surface area contributed by atoms with Crippen LogP contribution in [-0.2, 0) is 21.2 Å². The van der Waals surface area contributed by atoms with E-state index in [1.807, 2.05) is 6.07 Å². The molecule has 3 aromatic carbocycles. The van der Waals surface area contributed by atoms with Gasteiger partial charge in [0.1, 0.15) is 0 Å². The lowest BCUT2D eigenvalue weighted by molar-refractivity contribution is -0.111. The number of H-pyrrole nitrogens is 1. The zero-order valence-corrected chi connectivity index (χ0v) is 19.8. The van der Waals surface area contributed by atoms with Gasteiger partial charge < -0.3 is 21.8 Å². The summed E-state index contributed by atoms with van der Waals surface area (Å²) < 4.78 is 24.8. The molecule has 6 N–H and O–H groups in total. The molecule has 4 aromatic rings. The Kier molecular flexibility index (Phi) is 6.29. The van der Waals surface area contributed by atoms with Crippen molar-refractivity contribution in [3.63, 3.8) is 0 Å². The predicted octanol–water partition coefficient (Wildman–Crippen LogP) is 3.59. The first-order valence-corrected chi connectivity index (χ1v) is 12.6. The number of anilines is 1. The molecule has 0 unspecified atom stereocenters. The normalized spacial score (nSPS) is 11.4. The van der Waals surface area contributed by atoms with E-state index in [0.29, 0.717) is 33.4 Å². The first kappa shape index (κ1) is 23.9. The number of hydrogen-bond donors (Lipinski definition) is 4. The van der Waals surface area contributed by atoms with Crippen molar-refractivity contribution in [3.05, 3.63) is 84.4 Å². The summed E-state index contributed by atoms with van der Waals surface area (Å²) in [5.41, 5.74) is 16.1. The van der Waals surface area contributed by atoms with Crippen LogP contribution in [0.25, 0.3) is 33.3 Å². The number of nitrogens with one attached hydrogen (secondary N) is 2. The highest BCUT2D eigenvalue weighted by atomic mass is 32.2. The van der Waals surface area contributed by atoms with Crippen molar-refractivity contribution in [2.24, 2.45) is 11.5 Å². The van der Waals surface area contributed by atoms with Gasteiger partial charge in [-0.15, -0.1) is 0 Å². The second kappa shape index (κ2) is 9.21. The van der Waals surface area contributed by atoms with Crippen molar-refractivity contribution < 1.29 is 18.0 Å². The van der Waals surface area contributed by atoms with Crippen LogP contribution in [0.3, 0.4) is 0 Å². The van der Waals surface area contributed by atoms with Crippen molar-refractivity contribution in [2.75, 3.05) is 11.6 Å². The number of primary amides is 1. The van der Waals surface area contributed by atoms with Crippen LogP contribution in [0.1, 0.15) is 15.9 Å². The van der Waals surface area contributed by atoms with Crippen LogP contribution in [0.4, 0.5) is 5.69 Å². The lowest BCUT2D eigenvalue weighted by atomic mass is 9.93. The van der Waals surface area contributed by atoms with E-state index < -0.39 is 15.7 Å². The third-order valence-corrected chi connectivity index (χ3v) is 6.90. The molecule has 0 spiro atoms. The molecular formula is C26H24N4O4S. The van der Waals surface area contributed by atoms with Crippen LogP contribution < -0.4 is 16.8 Å². The highest BCUT2D eigenvalue weighted by molar-refractivity contribution is 7.90. The van der Waals surface area contributed by atoms with Gasteiger partial charge in [0.05, 0.1) is 16.0 Å². The lowest BCUT2D eigenvalue weighted by Crippen LogP contribution is -2.13. The third-order valence-electron chi connectivity index (χ3n) is 5.75. The molecule has 35 heavy (non-hydrogen) atoms. The molecule has 9 heteroatoms. The standard InChI is InChI=1S/C26H24N4O4S/c1-3-24(31)29-21-9-6-8-15(20(21)14-27)16-11-12-18(26(28)32)25-19(16)13-22(30-25)17-7-4-5-10-23(17)35(2,33)34/h3-13,30H,1,14,27H2,2H3,(H2,28,32)(H,29,31). The Morgan fingerprint density at radius 1 is 1.03 bits per heavy atom. The number of hydrogen-bond acceptors (Lipinski definition) is 5. The minimum Gasteiger partial charge on any atom is -0.366 e. The second-order valence-electron chi connectivity index (χ2n) is 7.99. The maximum atomic E-state index is 12.4. The molecule has 0 saturated carbocycles. The van der Waals surface area contributed by atoms with E-state index in [1.54, 1.807) is 48.5 Å². The molecule has 0 aliphatic heterocycles. The van der Waals surface area contributed by atoms with E-state index in [2.05, 4.69) is 16.9 Å². The number of rotatable bonds is 7. The van der Waals surface area contributed by atoms with Gasteiger partial charge in [-0.05, 0) is 47.0 Å². The SMILES string of the molecule is C=CC(=O)Nc1cccc(-c2ccc(C(N)=O)c3[nH]c(-c4ccccc4S(C)(=O)=O)cc23)c1CN. The van der Waals surface area contributed by atoms with Gasteiger partial charge in [0.15, 0.2) is 9.84 Å². The molecular weight excluding hydrogens is 464 g/mol. The monoisotopic (exact) mass is 488 g/mol. The molecule has 0 atom stereocenters. The van der Waals surface area contributed by atoms with E-state index >= 15 is 0 Å². The maximum absolute atomic E-state index is 12.4. The number of amides is 2. The van der Waals surface area contributed by atoms with Gasteiger partial charge in [0, 0.05) is 35.1 Å². The number of carbonyl (C=O) groups excluding carboxylic acids is 2. The van der Waals surface area contributed by atoms with E-state index in [-0.39, 0.29) is 22.9 Å². The Bertz CT molecular complexity index is 1600. The molecule has 0 bridgehead atoms. The van der Waals surface area contributed by atoms with Gasteiger partial charge in [0.25, 0.3) is 5.91 Å². The van der Waals surface area contributed by atoms with Crippen LogP contribution in [0.2, 0.25) is 0 Å². The molecule has 1 aromatic heterocycles. The summed E-state index contributed by atoms with van der Waals surface area (Å²) in [6, 6.07) is 17.2. The number of carbonyl (C=O) groups is 2. The van der Waals surface area contributed by atoms with Crippen LogP contribution in [0.15, 0.2) is 78.2 Å². The summed E-state index contributed by atoms with van der Waals surface area (Å²) in [4.78, 5) is 27.5. The Morgan fingerprint density at radius 3 is 2.40 bits per heavy atom. The molecule has 0 fully saturated rings. The summed E-state index contributed by atoms with van der Waals surface area (Å²) in [7, 11) is -3.51.